The highest BCUT2D eigenvalue weighted by molar-refractivity contribution is 6.37. The number of ether oxygens (including phenoxy) is 2. The van der Waals surface area contributed by atoms with Crippen molar-refractivity contribution < 1.29 is 47.8 Å². The smallest absolute Gasteiger partial charge is 0.309 e. The highest BCUT2D eigenvalue weighted by atomic mass is 16.5. The van der Waals surface area contributed by atoms with Gasteiger partial charge in [0, 0.05) is 49.8 Å². The lowest BCUT2D eigenvalue weighted by atomic mass is 9.96. The SMILES string of the molecule is CN=C(C)CCC(=O)C(C)C(C)OC(=O)CC/C(C)=N/NC(=O)C(=O)CN=C(C)CCC(=O)C(C)C(C)OC(=O)CCC(C)=NCC(=O)C(=O)NC. The molecule has 0 aliphatic heterocycles. The first-order valence-electron chi connectivity index (χ1n) is 17.3. The van der Waals surface area contributed by atoms with Crippen LogP contribution in [0.15, 0.2) is 20.1 Å². The third-order valence-electron chi connectivity index (χ3n) is 8.36. The van der Waals surface area contributed by atoms with Crippen LogP contribution in [0.4, 0.5) is 0 Å². The van der Waals surface area contributed by atoms with Crippen molar-refractivity contribution in [1.29, 1.82) is 0 Å². The Balaban J connectivity index is 4.60. The Morgan fingerprint density at radius 3 is 1.35 bits per heavy atom. The van der Waals surface area contributed by atoms with Gasteiger partial charge in [-0.05, 0) is 67.2 Å². The third kappa shape index (κ3) is 20.2. The fourth-order valence-electron chi connectivity index (χ4n) is 4.12. The van der Waals surface area contributed by atoms with Gasteiger partial charge >= 0.3 is 17.8 Å². The van der Waals surface area contributed by atoms with Crippen LogP contribution in [-0.2, 0) is 47.8 Å². The van der Waals surface area contributed by atoms with Gasteiger partial charge in [0.15, 0.2) is 0 Å². The molecule has 0 aromatic rings. The van der Waals surface area contributed by atoms with Gasteiger partial charge in [-0.15, -0.1) is 0 Å². The van der Waals surface area contributed by atoms with E-state index in [4.69, 9.17) is 9.47 Å². The molecule has 0 aromatic heterocycles. The molecule has 0 saturated carbocycles. The number of nitrogens with zero attached hydrogens (tertiary/aromatic N) is 4. The van der Waals surface area contributed by atoms with Gasteiger partial charge in [0.05, 0.1) is 24.7 Å². The molecule has 16 heteroatoms. The Hall–Kier alpha value is -4.76. The number of carbonyl (C=O) groups is 8. The van der Waals surface area contributed by atoms with Crippen molar-refractivity contribution in [3.05, 3.63) is 0 Å². The molecule has 4 atom stereocenters. The lowest BCUT2D eigenvalue weighted by Gasteiger charge is -2.19. The van der Waals surface area contributed by atoms with Crippen molar-refractivity contribution in [3.8, 4) is 0 Å². The zero-order valence-electron chi connectivity index (χ0n) is 32.3. The molecule has 0 rings (SSSR count). The number of esters is 2. The number of ketones is 4. The second-order valence-corrected chi connectivity index (χ2v) is 12.7. The predicted octanol–water partition coefficient (Wildman–Crippen LogP) is 2.77. The van der Waals surface area contributed by atoms with Gasteiger partial charge < -0.3 is 14.8 Å². The molecular weight excluding hydrogens is 676 g/mol. The monoisotopic (exact) mass is 732 g/mol. The van der Waals surface area contributed by atoms with E-state index in [2.05, 4.69) is 30.8 Å². The molecule has 0 aliphatic carbocycles. The summed E-state index contributed by atoms with van der Waals surface area (Å²) in [6.45, 7) is 12.5. The summed E-state index contributed by atoms with van der Waals surface area (Å²) in [6, 6.07) is 0. The van der Waals surface area contributed by atoms with Gasteiger partial charge in [0.25, 0.3) is 5.91 Å². The molecule has 0 heterocycles. The first kappa shape index (κ1) is 47.2. The van der Waals surface area contributed by atoms with Crippen LogP contribution in [0.25, 0.3) is 0 Å². The second-order valence-electron chi connectivity index (χ2n) is 12.7. The third-order valence-corrected chi connectivity index (χ3v) is 8.36. The summed E-state index contributed by atoms with van der Waals surface area (Å²) in [6.07, 6.45) is 0.214. The van der Waals surface area contributed by atoms with Crippen LogP contribution in [0.3, 0.4) is 0 Å². The molecule has 0 bridgehead atoms. The zero-order chi connectivity index (χ0) is 40.0. The van der Waals surface area contributed by atoms with Crippen LogP contribution >= 0.6 is 0 Å². The van der Waals surface area contributed by atoms with Crippen LogP contribution in [0.5, 0.6) is 0 Å². The minimum Gasteiger partial charge on any atom is -0.462 e. The molecule has 2 N–H and O–H groups in total. The molecule has 0 fully saturated rings. The highest BCUT2D eigenvalue weighted by Gasteiger charge is 2.25. The molecule has 4 unspecified atom stereocenters. The molecule has 0 aromatic carbocycles. The van der Waals surface area contributed by atoms with E-state index in [1.54, 1.807) is 55.5 Å². The van der Waals surface area contributed by atoms with E-state index in [1.165, 1.54) is 7.05 Å². The first-order chi connectivity index (χ1) is 24.3. The van der Waals surface area contributed by atoms with Crippen molar-refractivity contribution in [3.63, 3.8) is 0 Å². The molecule has 0 aliphatic rings. The summed E-state index contributed by atoms with van der Waals surface area (Å²) < 4.78 is 10.8. The summed E-state index contributed by atoms with van der Waals surface area (Å²) in [5.41, 5.74) is 4.38. The molecule has 0 spiro atoms. The van der Waals surface area contributed by atoms with E-state index < -0.39 is 65.9 Å². The molecule has 2 amide bonds. The van der Waals surface area contributed by atoms with Gasteiger partial charge in [-0.1, -0.05) is 13.8 Å². The molecule has 52 heavy (non-hydrogen) atoms. The number of hydrogen-bond acceptors (Lipinski definition) is 14. The summed E-state index contributed by atoms with van der Waals surface area (Å²) in [5.74, 6) is -5.60. The average molecular weight is 733 g/mol. The number of amides is 2. The minimum absolute atomic E-state index is 0.0131. The van der Waals surface area contributed by atoms with Crippen molar-refractivity contribution >= 4 is 69.7 Å². The molecule has 0 radical (unpaired) electrons. The summed E-state index contributed by atoms with van der Waals surface area (Å²) in [7, 11) is 3.01. The van der Waals surface area contributed by atoms with E-state index in [-0.39, 0.29) is 56.6 Å². The molecule has 16 nitrogen and oxygen atoms in total. The number of rotatable bonds is 25. The van der Waals surface area contributed by atoms with Gasteiger partial charge in [-0.3, -0.25) is 53.3 Å². The van der Waals surface area contributed by atoms with Crippen molar-refractivity contribution in [2.75, 3.05) is 27.2 Å². The van der Waals surface area contributed by atoms with E-state index in [1.807, 2.05) is 6.92 Å². The van der Waals surface area contributed by atoms with Crippen molar-refractivity contribution in [1.82, 2.24) is 10.7 Å². The van der Waals surface area contributed by atoms with Crippen LogP contribution < -0.4 is 10.7 Å². The van der Waals surface area contributed by atoms with Crippen LogP contribution in [0.1, 0.15) is 107 Å². The zero-order valence-corrected chi connectivity index (χ0v) is 32.3. The number of Topliss-reactive ketones (excluding diaryl/α,β-unsaturated/α-hetero) is 4. The first-order valence-corrected chi connectivity index (χ1v) is 17.3. The van der Waals surface area contributed by atoms with E-state index >= 15 is 0 Å². The topological polar surface area (TPSA) is 229 Å². The van der Waals surface area contributed by atoms with Crippen molar-refractivity contribution in [2.45, 2.75) is 119 Å². The fraction of sp³-hybridized carbons (Fsp3) is 0.667. The maximum Gasteiger partial charge on any atom is 0.309 e. The highest BCUT2D eigenvalue weighted by Crippen LogP contribution is 2.15. The fourth-order valence-corrected chi connectivity index (χ4v) is 4.12. The number of nitrogens with one attached hydrogen (secondary N) is 2. The number of hydrogen-bond donors (Lipinski definition) is 2. The Morgan fingerprint density at radius 1 is 0.538 bits per heavy atom. The largest absolute Gasteiger partial charge is 0.462 e. The predicted molar refractivity (Wildman–Crippen MR) is 197 cm³/mol. The van der Waals surface area contributed by atoms with Crippen LogP contribution in [0, 0.1) is 11.8 Å². The lowest BCUT2D eigenvalue weighted by Crippen LogP contribution is -2.30. The Morgan fingerprint density at radius 2 is 0.923 bits per heavy atom. The standard InChI is InChI=1S/C36H56N6O10/c1-21(37-9)11-15-29(43)25(5)27(7)52-34(48)18-14-24(4)41-42-36(50)32(46)20-40-22(2)12-16-30(44)26(6)28(8)51-33(47)17-13-23(3)39-19-31(45)35(49)38-10/h25-28H,11-20H2,1-10H3,(H,38,49)(H,42,50)/b37-21?,39-23?,40-22?,41-24+. The average Bonchev–Trinajstić information content (AvgIpc) is 3.12. The van der Waals surface area contributed by atoms with E-state index in [9.17, 15) is 38.4 Å². The Kier molecular flexibility index (Phi) is 22.9. The maximum absolute atomic E-state index is 12.7. The van der Waals surface area contributed by atoms with Crippen LogP contribution in [-0.4, -0.2) is 109 Å². The number of aliphatic imine (C=N–C) groups is 3. The van der Waals surface area contributed by atoms with Crippen molar-refractivity contribution in [2.24, 2.45) is 31.9 Å². The minimum atomic E-state index is -0.984. The van der Waals surface area contributed by atoms with Crippen LogP contribution in [0.2, 0.25) is 0 Å². The molecule has 0 saturated heterocycles. The summed E-state index contributed by atoms with van der Waals surface area (Å²) in [5, 5.41) is 6.08. The number of likely N-dealkylation sites (N-methyl/N-ethyl adjacent to an activating group) is 1. The van der Waals surface area contributed by atoms with Gasteiger partial charge in [-0.25, -0.2) is 5.43 Å². The van der Waals surface area contributed by atoms with Gasteiger partial charge in [0.2, 0.25) is 11.6 Å². The molecule has 290 valence electrons. The number of carbonyl (C=O) groups excluding carboxylic acids is 8. The van der Waals surface area contributed by atoms with Gasteiger partial charge in [-0.2, -0.15) is 5.10 Å². The Bertz CT molecular complexity index is 1430. The lowest BCUT2D eigenvalue weighted by molar-refractivity contribution is -0.153. The Labute approximate surface area is 306 Å². The second kappa shape index (κ2) is 25.2. The summed E-state index contributed by atoms with van der Waals surface area (Å²) in [4.78, 5) is 109. The van der Waals surface area contributed by atoms with E-state index in [0.29, 0.717) is 30.0 Å². The molecular formula is C36H56N6O10. The number of hydrazone groups is 1. The quantitative estimate of drug-likeness (QED) is 0.0603. The van der Waals surface area contributed by atoms with E-state index in [0.717, 1.165) is 5.71 Å². The normalized spacial score (nSPS) is 14.7. The van der Waals surface area contributed by atoms with Gasteiger partial charge in [0.1, 0.15) is 36.9 Å². The summed E-state index contributed by atoms with van der Waals surface area (Å²) >= 11 is 0. The maximum atomic E-state index is 12.7.